The van der Waals surface area contributed by atoms with Crippen molar-refractivity contribution in [3.8, 4) is 0 Å². The Balaban J connectivity index is 1.45. The van der Waals surface area contributed by atoms with Gasteiger partial charge in [-0.3, -0.25) is 4.79 Å². The van der Waals surface area contributed by atoms with Crippen LogP contribution in [-0.4, -0.2) is 5.91 Å². The van der Waals surface area contributed by atoms with E-state index in [9.17, 15) is 4.79 Å². The molecule has 2 heterocycles. The number of allylic oxidation sites excluding steroid dienone is 2. The molecule has 1 aliphatic heterocycles. The number of benzene rings is 2. The van der Waals surface area contributed by atoms with E-state index in [1.54, 1.807) is 0 Å². The van der Waals surface area contributed by atoms with Crippen molar-refractivity contribution in [2.75, 3.05) is 10.6 Å². The van der Waals surface area contributed by atoms with Crippen LogP contribution >= 0.6 is 11.3 Å². The number of fused-ring (bicyclic) bond motifs is 3. The van der Waals surface area contributed by atoms with Gasteiger partial charge < -0.3 is 10.6 Å². The number of nitrogens with one attached hydrogen (secondary N) is 2. The fourth-order valence-electron chi connectivity index (χ4n) is 4.45. The van der Waals surface area contributed by atoms with E-state index in [1.165, 1.54) is 16.1 Å². The summed E-state index contributed by atoms with van der Waals surface area (Å²) in [5.74, 6) is 0.851. The highest BCUT2D eigenvalue weighted by Crippen LogP contribution is 2.50. The van der Waals surface area contributed by atoms with Crippen LogP contribution in [0.15, 0.2) is 72.1 Å². The van der Waals surface area contributed by atoms with Crippen molar-refractivity contribution in [2.24, 2.45) is 5.92 Å². The molecule has 1 aliphatic carbocycles. The molecule has 28 heavy (non-hydrogen) atoms. The Kier molecular flexibility index (Phi) is 4.29. The van der Waals surface area contributed by atoms with Gasteiger partial charge in [-0.25, -0.2) is 0 Å². The van der Waals surface area contributed by atoms with Gasteiger partial charge >= 0.3 is 0 Å². The van der Waals surface area contributed by atoms with E-state index in [0.717, 1.165) is 23.2 Å². The normalized spacial score (nSPS) is 22.2. The predicted molar refractivity (Wildman–Crippen MR) is 116 cm³/mol. The third kappa shape index (κ3) is 2.94. The average molecular weight is 387 g/mol. The van der Waals surface area contributed by atoms with Gasteiger partial charge in [-0.05, 0) is 66.1 Å². The van der Waals surface area contributed by atoms with Crippen LogP contribution in [0.3, 0.4) is 0 Å². The summed E-state index contributed by atoms with van der Waals surface area (Å²) in [5, 5.41) is 8.98. The number of hydrogen-bond acceptors (Lipinski definition) is 3. The number of anilines is 2. The van der Waals surface area contributed by atoms with Crippen molar-refractivity contribution in [3.63, 3.8) is 0 Å². The largest absolute Gasteiger partial charge is 0.377 e. The summed E-state index contributed by atoms with van der Waals surface area (Å²) >= 11 is 1.82. The van der Waals surface area contributed by atoms with Crippen LogP contribution in [0.5, 0.6) is 0 Å². The topological polar surface area (TPSA) is 41.1 Å². The monoisotopic (exact) mass is 386 g/mol. The molecule has 3 aromatic rings. The Bertz CT molecular complexity index is 1050. The highest BCUT2D eigenvalue weighted by molar-refractivity contribution is 7.10. The zero-order chi connectivity index (χ0) is 19.1. The lowest BCUT2D eigenvalue weighted by molar-refractivity contribution is 0.102. The van der Waals surface area contributed by atoms with Crippen LogP contribution in [-0.2, 0) is 0 Å². The van der Waals surface area contributed by atoms with Crippen LogP contribution in [0.4, 0.5) is 11.4 Å². The third-order valence-electron chi connectivity index (χ3n) is 5.86. The van der Waals surface area contributed by atoms with E-state index in [1.807, 2.05) is 48.6 Å². The van der Waals surface area contributed by atoms with Crippen molar-refractivity contribution in [2.45, 2.75) is 25.3 Å². The lowest BCUT2D eigenvalue weighted by Crippen LogP contribution is -2.28. The molecule has 0 saturated carbocycles. The minimum atomic E-state index is -0.0585. The third-order valence-corrected chi connectivity index (χ3v) is 6.82. The average Bonchev–Trinajstić information content (AvgIpc) is 3.40. The molecule has 5 rings (SSSR count). The fraction of sp³-hybridized carbons (Fsp3) is 0.208. The number of carbonyl (C=O) groups is 1. The number of thiophene rings is 1. The van der Waals surface area contributed by atoms with E-state index in [-0.39, 0.29) is 5.91 Å². The molecule has 3 nitrogen and oxygen atoms in total. The maximum absolute atomic E-state index is 12.7. The van der Waals surface area contributed by atoms with Gasteiger partial charge in [0, 0.05) is 27.7 Å². The highest BCUT2D eigenvalue weighted by atomic mass is 32.1. The van der Waals surface area contributed by atoms with Crippen LogP contribution < -0.4 is 10.6 Å². The molecule has 0 bridgehead atoms. The molecule has 2 N–H and O–H groups in total. The van der Waals surface area contributed by atoms with Crippen molar-refractivity contribution in [1.82, 2.24) is 0 Å². The molecule has 2 aliphatic rings. The SMILES string of the molecule is Cc1ccccc1C(=O)Nc1ccc2c(c1)C1C=CCC1C(c1cccs1)N2. The molecule has 0 saturated heterocycles. The Morgan fingerprint density at radius 3 is 2.86 bits per heavy atom. The predicted octanol–water partition coefficient (Wildman–Crippen LogP) is 6.14. The zero-order valence-corrected chi connectivity index (χ0v) is 16.5. The van der Waals surface area contributed by atoms with Gasteiger partial charge in [-0.2, -0.15) is 0 Å². The molecule has 0 fully saturated rings. The van der Waals surface area contributed by atoms with E-state index < -0.39 is 0 Å². The maximum atomic E-state index is 12.7. The van der Waals surface area contributed by atoms with Gasteiger partial charge in [0.1, 0.15) is 0 Å². The summed E-state index contributed by atoms with van der Waals surface area (Å²) in [7, 11) is 0. The molecule has 3 unspecified atom stereocenters. The van der Waals surface area contributed by atoms with Crippen molar-refractivity contribution in [3.05, 3.63) is 93.7 Å². The summed E-state index contributed by atoms with van der Waals surface area (Å²) in [6, 6.07) is 18.6. The Morgan fingerprint density at radius 1 is 1.14 bits per heavy atom. The van der Waals surface area contributed by atoms with E-state index in [2.05, 4.69) is 52.4 Å². The van der Waals surface area contributed by atoms with Crippen LogP contribution in [0.2, 0.25) is 0 Å². The smallest absolute Gasteiger partial charge is 0.255 e. The lowest BCUT2D eigenvalue weighted by atomic mass is 9.79. The van der Waals surface area contributed by atoms with E-state index >= 15 is 0 Å². The molecule has 2 aromatic carbocycles. The highest BCUT2D eigenvalue weighted by Gasteiger charge is 2.38. The van der Waals surface area contributed by atoms with Crippen LogP contribution in [0.25, 0.3) is 0 Å². The minimum Gasteiger partial charge on any atom is -0.377 e. The molecule has 0 radical (unpaired) electrons. The number of amides is 1. The Hall–Kier alpha value is -2.85. The van der Waals surface area contributed by atoms with Crippen LogP contribution in [0.1, 0.15) is 44.7 Å². The number of aryl methyl sites for hydroxylation is 1. The lowest BCUT2D eigenvalue weighted by Gasteiger charge is -2.37. The molecular weight excluding hydrogens is 364 g/mol. The van der Waals surface area contributed by atoms with Gasteiger partial charge in [0.15, 0.2) is 0 Å². The molecule has 4 heteroatoms. The Labute approximate surface area is 169 Å². The summed E-state index contributed by atoms with van der Waals surface area (Å²) < 4.78 is 0. The second kappa shape index (κ2) is 6.95. The van der Waals surface area contributed by atoms with Crippen molar-refractivity contribution in [1.29, 1.82) is 0 Å². The molecule has 3 atom stereocenters. The standard InChI is InChI=1S/C24H22N2OS/c1-15-6-2-3-7-17(15)24(27)25-16-11-12-21-20(14-16)18-8-4-9-19(18)23(26-21)22-10-5-13-28-22/h2-8,10-14,18-19,23,26H,9H2,1H3,(H,25,27). The van der Waals surface area contributed by atoms with Crippen molar-refractivity contribution >= 4 is 28.6 Å². The van der Waals surface area contributed by atoms with Gasteiger partial charge in [0.25, 0.3) is 5.91 Å². The summed E-state index contributed by atoms with van der Waals surface area (Å²) in [4.78, 5) is 14.1. The van der Waals surface area contributed by atoms with Gasteiger partial charge in [0.2, 0.25) is 0 Å². The summed E-state index contributed by atoms with van der Waals surface area (Å²) in [5.41, 5.74) is 4.99. The van der Waals surface area contributed by atoms with Gasteiger partial charge in [-0.15, -0.1) is 11.3 Å². The summed E-state index contributed by atoms with van der Waals surface area (Å²) in [6.45, 7) is 1.96. The molecule has 0 spiro atoms. The van der Waals surface area contributed by atoms with E-state index in [4.69, 9.17) is 0 Å². The Morgan fingerprint density at radius 2 is 2.04 bits per heavy atom. The minimum absolute atomic E-state index is 0.0585. The fourth-order valence-corrected chi connectivity index (χ4v) is 5.30. The first-order chi connectivity index (χ1) is 13.7. The van der Waals surface area contributed by atoms with E-state index in [0.29, 0.717) is 17.9 Å². The first-order valence-electron chi connectivity index (χ1n) is 9.68. The maximum Gasteiger partial charge on any atom is 0.255 e. The zero-order valence-electron chi connectivity index (χ0n) is 15.7. The molecule has 1 aromatic heterocycles. The number of hydrogen-bond donors (Lipinski definition) is 2. The van der Waals surface area contributed by atoms with Gasteiger partial charge in [0.05, 0.1) is 6.04 Å². The first kappa shape index (κ1) is 17.3. The number of carbonyl (C=O) groups excluding carboxylic acids is 1. The second-order valence-corrected chi connectivity index (χ2v) is 8.54. The first-order valence-corrected chi connectivity index (χ1v) is 10.6. The molecular formula is C24H22N2OS. The van der Waals surface area contributed by atoms with Crippen molar-refractivity contribution < 1.29 is 4.79 Å². The summed E-state index contributed by atoms with van der Waals surface area (Å²) in [6.07, 6.45) is 5.71. The quantitative estimate of drug-likeness (QED) is 0.531. The second-order valence-electron chi connectivity index (χ2n) is 7.56. The van der Waals surface area contributed by atoms with Crippen LogP contribution in [0, 0.1) is 12.8 Å². The molecule has 140 valence electrons. The van der Waals surface area contributed by atoms with Gasteiger partial charge in [-0.1, -0.05) is 36.4 Å². The molecule has 1 amide bonds. The number of rotatable bonds is 3.